The zero-order valence-electron chi connectivity index (χ0n) is 17.6. The predicted octanol–water partition coefficient (Wildman–Crippen LogP) is 6.57. The van der Waals surface area contributed by atoms with Gasteiger partial charge in [0.1, 0.15) is 0 Å². The Morgan fingerprint density at radius 1 is 1.03 bits per heavy atom. The van der Waals surface area contributed by atoms with Crippen molar-refractivity contribution in [3.63, 3.8) is 0 Å². The minimum atomic E-state index is 0.389. The van der Waals surface area contributed by atoms with Gasteiger partial charge in [0.05, 0.1) is 11.6 Å². The molecule has 0 radical (unpaired) electrons. The lowest BCUT2D eigenvalue weighted by atomic mass is 9.79. The first-order chi connectivity index (χ1) is 14.6. The fourth-order valence-corrected chi connectivity index (χ4v) is 6.75. The molecule has 30 heavy (non-hydrogen) atoms. The van der Waals surface area contributed by atoms with Gasteiger partial charge < -0.3 is 5.73 Å². The molecule has 0 bridgehead atoms. The van der Waals surface area contributed by atoms with Crippen molar-refractivity contribution in [2.75, 3.05) is 0 Å². The van der Waals surface area contributed by atoms with Crippen LogP contribution in [-0.4, -0.2) is 6.04 Å². The molecule has 5 rings (SSSR count). The number of nitriles is 1. The number of hydrogen-bond donors (Lipinski definition) is 1. The van der Waals surface area contributed by atoms with Gasteiger partial charge in [-0.15, -0.1) is 0 Å². The summed E-state index contributed by atoms with van der Waals surface area (Å²) in [6.45, 7) is 0. The maximum absolute atomic E-state index is 9.63. The van der Waals surface area contributed by atoms with E-state index in [1.54, 1.807) is 11.1 Å². The third-order valence-corrected chi connectivity index (χ3v) is 8.19. The van der Waals surface area contributed by atoms with E-state index in [-0.39, 0.29) is 0 Å². The summed E-state index contributed by atoms with van der Waals surface area (Å²) in [5, 5.41) is 10.3. The molecule has 0 amide bonds. The molecule has 6 unspecified atom stereocenters. The van der Waals surface area contributed by atoms with Gasteiger partial charge in [-0.05, 0) is 90.5 Å². The van der Waals surface area contributed by atoms with Crippen LogP contribution in [-0.2, 0) is 6.42 Å². The summed E-state index contributed by atoms with van der Waals surface area (Å²) in [4.78, 5) is 0. The summed E-state index contributed by atoms with van der Waals surface area (Å²) < 4.78 is 0. The van der Waals surface area contributed by atoms with Crippen molar-refractivity contribution in [3.05, 3.63) is 69.7 Å². The number of rotatable bonds is 4. The largest absolute Gasteiger partial charge is 0.328 e. The Morgan fingerprint density at radius 2 is 1.87 bits per heavy atom. The Morgan fingerprint density at radius 3 is 2.73 bits per heavy atom. The molecule has 0 aliphatic heterocycles. The highest BCUT2D eigenvalue weighted by Crippen LogP contribution is 2.61. The van der Waals surface area contributed by atoms with Crippen LogP contribution in [0, 0.1) is 29.1 Å². The molecular formula is C27H31ClN2. The molecule has 0 aromatic heterocycles. The highest BCUT2D eigenvalue weighted by atomic mass is 35.5. The molecule has 0 spiro atoms. The second-order valence-corrected chi connectivity index (χ2v) is 10.4. The van der Waals surface area contributed by atoms with E-state index in [1.165, 1.54) is 56.9 Å². The lowest BCUT2D eigenvalue weighted by Gasteiger charge is -2.26. The molecule has 2 N–H and O–H groups in total. The normalized spacial score (nSPS) is 32.8. The van der Waals surface area contributed by atoms with Gasteiger partial charge in [-0.25, -0.2) is 0 Å². The number of benzene rings is 2. The number of halogens is 1. The Kier molecular flexibility index (Phi) is 5.61. The lowest BCUT2D eigenvalue weighted by Crippen LogP contribution is -2.23. The third kappa shape index (κ3) is 3.91. The molecular weight excluding hydrogens is 388 g/mol. The van der Waals surface area contributed by atoms with E-state index in [0.29, 0.717) is 34.7 Å². The van der Waals surface area contributed by atoms with Crippen molar-refractivity contribution < 1.29 is 0 Å². The van der Waals surface area contributed by atoms with Crippen LogP contribution in [0.3, 0.4) is 0 Å². The van der Waals surface area contributed by atoms with Gasteiger partial charge in [-0.2, -0.15) is 5.26 Å². The molecule has 3 aliphatic carbocycles. The van der Waals surface area contributed by atoms with E-state index >= 15 is 0 Å². The molecule has 2 nitrogen and oxygen atoms in total. The molecule has 2 aromatic rings. The average molecular weight is 419 g/mol. The van der Waals surface area contributed by atoms with Gasteiger partial charge in [-0.1, -0.05) is 61.2 Å². The molecule has 0 heterocycles. The number of hydrogen-bond acceptors (Lipinski definition) is 2. The van der Waals surface area contributed by atoms with E-state index in [1.807, 2.05) is 12.1 Å². The molecule has 2 aromatic carbocycles. The molecule has 3 aliphatic rings. The Hall–Kier alpha value is -1.82. The van der Waals surface area contributed by atoms with E-state index in [0.717, 1.165) is 11.5 Å². The standard InChI is InChI=1S/C27H31ClN2/c28-21-9-10-23(20(14-21)16-29)25-15-26(25)27-19(13-18-6-2-4-8-24(18)27)11-17-5-1-3-7-22(30)12-17/h2,4,6,8-10,14,17,19,22,25-27H,1,3,5,7,11-13,15,30H2. The van der Waals surface area contributed by atoms with Crippen molar-refractivity contribution in [1.82, 2.24) is 0 Å². The number of nitrogens with zero attached hydrogens (tertiary/aromatic N) is 1. The highest BCUT2D eigenvalue weighted by Gasteiger charge is 2.50. The molecule has 6 atom stereocenters. The third-order valence-electron chi connectivity index (χ3n) is 7.95. The SMILES string of the molecule is N#Cc1cc(Cl)ccc1C1CC1C1c2ccccc2CC1CC1CCCCC(N)C1. The van der Waals surface area contributed by atoms with Gasteiger partial charge in [0.15, 0.2) is 0 Å². The van der Waals surface area contributed by atoms with Crippen molar-refractivity contribution >= 4 is 11.6 Å². The molecule has 2 saturated carbocycles. The smallest absolute Gasteiger partial charge is 0.0995 e. The average Bonchev–Trinajstić information content (AvgIpc) is 3.47. The lowest BCUT2D eigenvalue weighted by molar-refractivity contribution is 0.291. The summed E-state index contributed by atoms with van der Waals surface area (Å²) in [5.74, 6) is 3.24. The van der Waals surface area contributed by atoms with Crippen LogP contribution < -0.4 is 5.73 Å². The second kappa shape index (κ2) is 8.37. The summed E-state index contributed by atoms with van der Waals surface area (Å²) in [7, 11) is 0. The number of nitrogens with two attached hydrogens (primary N) is 1. The van der Waals surface area contributed by atoms with Crippen LogP contribution in [0.25, 0.3) is 0 Å². The Balaban J connectivity index is 1.39. The summed E-state index contributed by atoms with van der Waals surface area (Å²) in [5.41, 5.74) is 11.5. The van der Waals surface area contributed by atoms with Gasteiger partial charge in [0.2, 0.25) is 0 Å². The predicted molar refractivity (Wildman–Crippen MR) is 123 cm³/mol. The molecule has 2 fully saturated rings. The molecule has 0 saturated heterocycles. The quantitative estimate of drug-likeness (QED) is 0.571. The summed E-state index contributed by atoms with van der Waals surface area (Å²) in [6, 6.07) is 17.7. The van der Waals surface area contributed by atoms with Crippen LogP contribution in [0.1, 0.15) is 79.0 Å². The first-order valence-electron chi connectivity index (χ1n) is 11.7. The van der Waals surface area contributed by atoms with Crippen LogP contribution in [0.5, 0.6) is 0 Å². The topological polar surface area (TPSA) is 49.8 Å². The van der Waals surface area contributed by atoms with Crippen LogP contribution >= 0.6 is 11.6 Å². The fourth-order valence-electron chi connectivity index (χ4n) is 6.58. The van der Waals surface area contributed by atoms with E-state index < -0.39 is 0 Å². The Labute approximate surface area is 185 Å². The van der Waals surface area contributed by atoms with Gasteiger partial charge in [-0.3, -0.25) is 0 Å². The molecule has 3 heteroatoms. The highest BCUT2D eigenvalue weighted by molar-refractivity contribution is 6.30. The maximum atomic E-state index is 9.63. The number of fused-ring (bicyclic) bond motifs is 1. The minimum Gasteiger partial charge on any atom is -0.328 e. The minimum absolute atomic E-state index is 0.389. The summed E-state index contributed by atoms with van der Waals surface area (Å²) in [6.07, 6.45) is 10.1. The molecule has 156 valence electrons. The first-order valence-corrected chi connectivity index (χ1v) is 12.0. The van der Waals surface area contributed by atoms with E-state index in [2.05, 4.69) is 36.4 Å². The second-order valence-electron chi connectivity index (χ2n) is 9.92. The van der Waals surface area contributed by atoms with Gasteiger partial charge in [0, 0.05) is 11.1 Å². The van der Waals surface area contributed by atoms with Crippen molar-refractivity contribution in [3.8, 4) is 6.07 Å². The first kappa shape index (κ1) is 20.1. The maximum Gasteiger partial charge on any atom is 0.0995 e. The van der Waals surface area contributed by atoms with Crippen molar-refractivity contribution in [2.45, 2.75) is 69.2 Å². The monoisotopic (exact) mass is 418 g/mol. The fraction of sp³-hybridized carbons (Fsp3) is 0.519. The zero-order chi connectivity index (χ0) is 20.7. The van der Waals surface area contributed by atoms with Crippen LogP contribution in [0.15, 0.2) is 42.5 Å². The van der Waals surface area contributed by atoms with Crippen LogP contribution in [0.2, 0.25) is 5.02 Å². The van der Waals surface area contributed by atoms with E-state index in [9.17, 15) is 5.26 Å². The van der Waals surface area contributed by atoms with Crippen LogP contribution in [0.4, 0.5) is 0 Å². The Bertz CT molecular complexity index is 962. The van der Waals surface area contributed by atoms with Gasteiger partial charge >= 0.3 is 0 Å². The van der Waals surface area contributed by atoms with Gasteiger partial charge in [0.25, 0.3) is 0 Å². The van der Waals surface area contributed by atoms with Crippen molar-refractivity contribution in [2.24, 2.45) is 23.5 Å². The zero-order valence-corrected chi connectivity index (χ0v) is 18.3. The summed E-state index contributed by atoms with van der Waals surface area (Å²) >= 11 is 6.15. The van der Waals surface area contributed by atoms with Crippen molar-refractivity contribution in [1.29, 1.82) is 5.26 Å². The van der Waals surface area contributed by atoms with E-state index in [4.69, 9.17) is 17.3 Å².